The van der Waals surface area contributed by atoms with Crippen molar-refractivity contribution in [2.75, 3.05) is 0 Å². The highest BCUT2D eigenvalue weighted by molar-refractivity contribution is 7.46. The van der Waals surface area contributed by atoms with Crippen LogP contribution in [0.3, 0.4) is 0 Å². The molecule has 0 amide bonds. The van der Waals surface area contributed by atoms with Crippen LogP contribution >= 0.6 is 7.82 Å². The second kappa shape index (κ2) is 6.99. The van der Waals surface area contributed by atoms with Gasteiger partial charge in [-0.15, -0.1) is 0 Å². The number of phosphoric acid groups is 1. The van der Waals surface area contributed by atoms with Gasteiger partial charge in [0, 0.05) is 5.56 Å². The molecule has 0 aliphatic rings. The van der Waals surface area contributed by atoms with Crippen molar-refractivity contribution >= 4 is 13.6 Å². The molecule has 2 aromatic carbocycles. The number of hydrogen-bond donors (Lipinski definition) is 2. The van der Waals surface area contributed by atoms with Gasteiger partial charge in [0.25, 0.3) is 0 Å². The molecule has 1 atom stereocenters. The number of rotatable bonds is 5. The quantitative estimate of drug-likeness (QED) is 0.631. The summed E-state index contributed by atoms with van der Waals surface area (Å²) in [5.74, 6) is -0.439. The molecule has 24 heavy (non-hydrogen) atoms. The molecule has 128 valence electrons. The van der Waals surface area contributed by atoms with Crippen molar-refractivity contribution in [1.82, 2.24) is 0 Å². The van der Waals surface area contributed by atoms with Gasteiger partial charge in [0.05, 0.1) is 0 Å². The third-order valence-corrected chi connectivity index (χ3v) is 4.54. The van der Waals surface area contributed by atoms with Crippen LogP contribution in [0.1, 0.15) is 34.0 Å². The fourth-order valence-electron chi connectivity index (χ4n) is 3.07. The highest BCUT2D eigenvalue weighted by Crippen LogP contribution is 2.39. The number of aryl methyl sites for hydroxylation is 2. The zero-order chi connectivity index (χ0) is 18.1. The average Bonchev–Trinajstić information content (AvgIpc) is 2.45. The molecule has 0 bridgehead atoms. The molecule has 6 heteroatoms. The summed E-state index contributed by atoms with van der Waals surface area (Å²) in [5.41, 5.74) is 4.97. The lowest BCUT2D eigenvalue weighted by Gasteiger charge is -2.20. The minimum Gasteiger partial charge on any atom is -0.303 e. The highest BCUT2D eigenvalue weighted by Gasteiger charge is 2.28. The van der Waals surface area contributed by atoms with Crippen molar-refractivity contribution in [2.24, 2.45) is 0 Å². The van der Waals surface area contributed by atoms with Gasteiger partial charge in [-0.3, -0.25) is 9.32 Å². The maximum atomic E-state index is 12.7. The molecule has 2 N–H and O–H groups in total. The van der Waals surface area contributed by atoms with E-state index >= 15 is 0 Å². The van der Waals surface area contributed by atoms with E-state index in [-0.39, 0.29) is 0 Å². The zero-order valence-corrected chi connectivity index (χ0v) is 15.0. The molecule has 5 nitrogen and oxygen atoms in total. The summed E-state index contributed by atoms with van der Waals surface area (Å²) < 4.78 is 15.6. The molecular weight excluding hydrogens is 327 g/mol. The van der Waals surface area contributed by atoms with Crippen molar-refractivity contribution in [3.8, 4) is 11.1 Å². The van der Waals surface area contributed by atoms with Crippen LogP contribution in [-0.4, -0.2) is 21.7 Å². The van der Waals surface area contributed by atoms with E-state index in [1.807, 2.05) is 57.2 Å². The van der Waals surface area contributed by atoms with Crippen molar-refractivity contribution in [3.63, 3.8) is 0 Å². The van der Waals surface area contributed by atoms with Crippen molar-refractivity contribution in [3.05, 3.63) is 58.7 Å². The van der Waals surface area contributed by atoms with Crippen LogP contribution in [0, 0.1) is 20.8 Å². The monoisotopic (exact) mass is 348 g/mol. The standard InChI is InChI=1S/C18H21O5P/c1-11-10-12(2)17(18(19)14(4)23-24(20,21)22)13(3)16(11)15-8-6-5-7-9-15/h5-10,14H,1-4H3,(H2,20,21,22). The van der Waals surface area contributed by atoms with Gasteiger partial charge < -0.3 is 9.79 Å². The van der Waals surface area contributed by atoms with E-state index in [0.717, 1.165) is 27.8 Å². The van der Waals surface area contributed by atoms with E-state index in [9.17, 15) is 9.36 Å². The van der Waals surface area contributed by atoms with Crippen LogP contribution < -0.4 is 0 Å². The number of hydrogen-bond acceptors (Lipinski definition) is 3. The second-order valence-corrected chi connectivity index (χ2v) is 7.05. The van der Waals surface area contributed by atoms with Crippen LogP contribution in [0.5, 0.6) is 0 Å². The summed E-state index contributed by atoms with van der Waals surface area (Å²) >= 11 is 0. The van der Waals surface area contributed by atoms with Gasteiger partial charge in [0.15, 0.2) is 5.78 Å². The van der Waals surface area contributed by atoms with E-state index in [1.54, 1.807) is 0 Å². The number of phosphoric ester groups is 1. The van der Waals surface area contributed by atoms with Gasteiger partial charge in [0.1, 0.15) is 6.10 Å². The van der Waals surface area contributed by atoms with E-state index < -0.39 is 19.7 Å². The van der Waals surface area contributed by atoms with Crippen molar-refractivity contribution in [1.29, 1.82) is 0 Å². The molecule has 0 radical (unpaired) electrons. The summed E-state index contributed by atoms with van der Waals surface area (Å²) in [6, 6.07) is 11.6. The molecule has 0 heterocycles. The van der Waals surface area contributed by atoms with Gasteiger partial charge >= 0.3 is 7.82 Å². The fourth-order valence-corrected chi connectivity index (χ4v) is 3.58. The number of ketones is 1. The van der Waals surface area contributed by atoms with E-state index in [0.29, 0.717) is 5.56 Å². The third kappa shape index (κ3) is 4.00. The Morgan fingerprint density at radius 1 is 1.08 bits per heavy atom. The maximum Gasteiger partial charge on any atom is 0.470 e. The predicted octanol–water partition coefficient (Wildman–Crippen LogP) is 3.96. The largest absolute Gasteiger partial charge is 0.470 e. The number of Topliss-reactive ketones (excluding diaryl/α,β-unsaturated/α-hetero) is 1. The first-order chi connectivity index (χ1) is 11.1. The van der Waals surface area contributed by atoms with Crippen molar-refractivity contribution < 1.29 is 23.7 Å². The molecule has 2 rings (SSSR count). The van der Waals surface area contributed by atoms with Crippen LogP contribution in [0.15, 0.2) is 36.4 Å². The van der Waals surface area contributed by atoms with Gasteiger partial charge in [-0.2, -0.15) is 0 Å². The molecule has 0 saturated heterocycles. The minimum absolute atomic E-state index is 0.439. The Kier molecular flexibility index (Phi) is 5.41. The minimum atomic E-state index is -4.73. The molecule has 0 aliphatic carbocycles. The van der Waals surface area contributed by atoms with Gasteiger partial charge in [0.2, 0.25) is 0 Å². The Morgan fingerprint density at radius 3 is 2.21 bits per heavy atom. The number of carbonyl (C=O) groups excluding carboxylic acids is 1. The average molecular weight is 348 g/mol. The molecule has 0 fully saturated rings. The summed E-state index contributed by atoms with van der Waals surface area (Å²) in [5, 5.41) is 0. The van der Waals surface area contributed by atoms with E-state index in [4.69, 9.17) is 9.79 Å². The summed E-state index contributed by atoms with van der Waals surface area (Å²) in [6.45, 7) is 6.99. The van der Waals surface area contributed by atoms with Gasteiger partial charge in [-0.05, 0) is 55.5 Å². The Bertz CT molecular complexity index is 808. The Morgan fingerprint density at radius 2 is 1.67 bits per heavy atom. The molecule has 2 aromatic rings. The first kappa shape index (κ1) is 18.6. The van der Waals surface area contributed by atoms with Crippen LogP contribution in [0.2, 0.25) is 0 Å². The Balaban J connectivity index is 2.56. The summed E-state index contributed by atoms with van der Waals surface area (Å²) in [6.07, 6.45) is -1.23. The molecule has 0 spiro atoms. The normalized spacial score (nSPS) is 12.9. The molecular formula is C18H21O5P. The van der Waals surface area contributed by atoms with Crippen molar-refractivity contribution in [2.45, 2.75) is 33.8 Å². The Hall–Kier alpha value is -1.78. The lowest BCUT2D eigenvalue weighted by molar-refractivity contribution is 0.0745. The molecule has 0 saturated carbocycles. The smallest absolute Gasteiger partial charge is 0.303 e. The molecule has 0 aromatic heterocycles. The number of carbonyl (C=O) groups is 1. The van der Waals surface area contributed by atoms with Crippen LogP contribution in [-0.2, 0) is 9.09 Å². The number of benzene rings is 2. The first-order valence-corrected chi connectivity index (χ1v) is 9.09. The molecule has 1 unspecified atom stereocenters. The van der Waals surface area contributed by atoms with Gasteiger partial charge in [-0.25, -0.2) is 4.57 Å². The second-order valence-electron chi connectivity index (χ2n) is 5.85. The topological polar surface area (TPSA) is 83.8 Å². The Labute approximate surface area is 141 Å². The zero-order valence-electron chi connectivity index (χ0n) is 14.1. The fraction of sp³-hybridized carbons (Fsp3) is 0.278. The molecule has 0 aliphatic heterocycles. The first-order valence-electron chi connectivity index (χ1n) is 7.56. The lowest BCUT2D eigenvalue weighted by atomic mass is 9.87. The maximum absolute atomic E-state index is 12.7. The highest BCUT2D eigenvalue weighted by atomic mass is 31.2. The van der Waals surface area contributed by atoms with Gasteiger partial charge in [-0.1, -0.05) is 36.4 Å². The van der Waals surface area contributed by atoms with Crippen LogP contribution in [0.25, 0.3) is 11.1 Å². The summed E-state index contributed by atoms with van der Waals surface area (Å²) in [7, 11) is -4.73. The predicted molar refractivity (Wildman–Crippen MR) is 93.0 cm³/mol. The SMILES string of the molecule is Cc1cc(C)c(-c2ccccc2)c(C)c1C(=O)C(C)OP(=O)(O)O. The van der Waals surface area contributed by atoms with E-state index in [1.165, 1.54) is 6.92 Å². The lowest BCUT2D eigenvalue weighted by Crippen LogP contribution is -2.22. The third-order valence-electron chi connectivity index (χ3n) is 3.95. The van der Waals surface area contributed by atoms with E-state index in [2.05, 4.69) is 4.52 Å². The summed E-state index contributed by atoms with van der Waals surface area (Å²) in [4.78, 5) is 30.6. The van der Waals surface area contributed by atoms with Crippen LogP contribution in [0.4, 0.5) is 0 Å².